The van der Waals surface area contributed by atoms with Gasteiger partial charge in [-0.25, -0.2) is 0 Å². The Bertz CT molecular complexity index is 219. The van der Waals surface area contributed by atoms with Gasteiger partial charge in [-0.15, -0.1) is 0 Å². The molecule has 1 atom stereocenters. The summed E-state index contributed by atoms with van der Waals surface area (Å²) in [4.78, 5) is 13.3. The van der Waals surface area contributed by atoms with E-state index in [1.165, 1.54) is 0 Å². The summed E-state index contributed by atoms with van der Waals surface area (Å²) in [5, 5.41) is 9.03. The molecule has 0 fully saturated rings. The zero-order valence-electron chi connectivity index (χ0n) is 11.0. The molecular weight excluding hydrogens is 204 g/mol. The Kier molecular flexibility index (Phi) is 6.60. The van der Waals surface area contributed by atoms with Crippen molar-refractivity contribution in [3.63, 3.8) is 0 Å². The van der Waals surface area contributed by atoms with E-state index >= 15 is 0 Å². The van der Waals surface area contributed by atoms with Crippen molar-refractivity contribution in [3.05, 3.63) is 0 Å². The normalized spacial score (nSPS) is 15.4. The molecule has 0 rings (SSSR count). The van der Waals surface area contributed by atoms with Gasteiger partial charge in [0, 0.05) is 6.04 Å². The van der Waals surface area contributed by atoms with E-state index in [-0.39, 0.29) is 0 Å². The van der Waals surface area contributed by atoms with E-state index in [1.807, 2.05) is 6.92 Å². The van der Waals surface area contributed by atoms with Gasteiger partial charge in [0.05, 0.1) is 0 Å². The summed E-state index contributed by atoms with van der Waals surface area (Å²) in [5.41, 5.74) is 4.78. The van der Waals surface area contributed by atoms with Gasteiger partial charge in [-0.05, 0) is 46.2 Å². The Labute approximate surface area is 98.8 Å². The molecule has 0 saturated heterocycles. The Balaban J connectivity index is 4.09. The fourth-order valence-electron chi connectivity index (χ4n) is 1.81. The number of aliphatic carboxylic acids is 1. The smallest absolute Gasteiger partial charge is 0.323 e. The van der Waals surface area contributed by atoms with Crippen molar-refractivity contribution in [1.82, 2.24) is 4.90 Å². The fourth-order valence-corrected chi connectivity index (χ4v) is 1.81. The lowest BCUT2D eigenvalue weighted by molar-refractivity contribution is -0.143. The van der Waals surface area contributed by atoms with Gasteiger partial charge in [0.2, 0.25) is 0 Å². The molecule has 0 amide bonds. The van der Waals surface area contributed by atoms with Crippen LogP contribution in [0.2, 0.25) is 0 Å². The van der Waals surface area contributed by atoms with Crippen LogP contribution in [-0.2, 0) is 4.79 Å². The zero-order chi connectivity index (χ0) is 12.8. The second-order valence-electron chi connectivity index (χ2n) is 4.64. The SMILES string of the molecule is CCN(CCCC(N)(CC)C(=O)O)C(C)C. The highest BCUT2D eigenvalue weighted by Gasteiger charge is 2.31. The quantitative estimate of drug-likeness (QED) is 0.666. The van der Waals surface area contributed by atoms with Crippen LogP contribution in [-0.4, -0.2) is 40.6 Å². The fraction of sp³-hybridized carbons (Fsp3) is 0.917. The predicted molar refractivity (Wildman–Crippen MR) is 66.5 cm³/mol. The lowest BCUT2D eigenvalue weighted by atomic mass is 9.91. The molecule has 16 heavy (non-hydrogen) atoms. The summed E-state index contributed by atoms with van der Waals surface area (Å²) in [6.07, 6.45) is 1.86. The molecule has 96 valence electrons. The van der Waals surface area contributed by atoms with E-state index < -0.39 is 11.5 Å². The van der Waals surface area contributed by atoms with Crippen molar-refractivity contribution in [2.24, 2.45) is 5.73 Å². The highest BCUT2D eigenvalue weighted by Crippen LogP contribution is 2.15. The minimum Gasteiger partial charge on any atom is -0.480 e. The maximum Gasteiger partial charge on any atom is 0.323 e. The maximum atomic E-state index is 11.0. The van der Waals surface area contributed by atoms with E-state index in [0.717, 1.165) is 19.5 Å². The highest BCUT2D eigenvalue weighted by atomic mass is 16.4. The van der Waals surface area contributed by atoms with E-state index in [4.69, 9.17) is 10.8 Å². The summed E-state index contributed by atoms with van der Waals surface area (Å²) >= 11 is 0. The molecule has 0 aliphatic carbocycles. The van der Waals surface area contributed by atoms with E-state index in [9.17, 15) is 4.79 Å². The largest absolute Gasteiger partial charge is 0.480 e. The number of nitrogens with two attached hydrogens (primary N) is 1. The third-order valence-corrected chi connectivity index (χ3v) is 3.26. The number of carboxylic acid groups (broad SMARTS) is 1. The first-order valence-electron chi connectivity index (χ1n) is 6.13. The number of carbonyl (C=O) groups is 1. The molecule has 0 aliphatic rings. The molecule has 0 heterocycles. The van der Waals surface area contributed by atoms with Crippen molar-refractivity contribution in [1.29, 1.82) is 0 Å². The van der Waals surface area contributed by atoms with E-state index in [1.54, 1.807) is 0 Å². The van der Waals surface area contributed by atoms with Gasteiger partial charge in [0.25, 0.3) is 0 Å². The average molecular weight is 230 g/mol. The molecule has 4 nitrogen and oxygen atoms in total. The van der Waals surface area contributed by atoms with Gasteiger partial charge in [0.15, 0.2) is 0 Å². The van der Waals surface area contributed by atoms with Crippen LogP contribution < -0.4 is 5.73 Å². The molecule has 0 aromatic heterocycles. The molecule has 0 saturated carbocycles. The van der Waals surface area contributed by atoms with Gasteiger partial charge in [-0.1, -0.05) is 13.8 Å². The Hall–Kier alpha value is -0.610. The van der Waals surface area contributed by atoms with Gasteiger partial charge in [-0.2, -0.15) is 0 Å². The summed E-state index contributed by atoms with van der Waals surface area (Å²) in [7, 11) is 0. The van der Waals surface area contributed by atoms with Crippen molar-refractivity contribution in [2.75, 3.05) is 13.1 Å². The first kappa shape index (κ1) is 15.4. The highest BCUT2D eigenvalue weighted by molar-refractivity contribution is 5.78. The summed E-state index contributed by atoms with van der Waals surface area (Å²) in [6.45, 7) is 10.2. The van der Waals surface area contributed by atoms with Crippen LogP contribution in [0.5, 0.6) is 0 Å². The van der Waals surface area contributed by atoms with Gasteiger partial charge in [0.1, 0.15) is 5.54 Å². The number of carboxylic acids is 1. The van der Waals surface area contributed by atoms with Crippen molar-refractivity contribution >= 4 is 5.97 Å². The van der Waals surface area contributed by atoms with Gasteiger partial charge in [-0.3, -0.25) is 4.79 Å². The van der Waals surface area contributed by atoms with E-state index in [2.05, 4.69) is 25.7 Å². The van der Waals surface area contributed by atoms with Crippen LogP contribution in [0.25, 0.3) is 0 Å². The van der Waals surface area contributed by atoms with Gasteiger partial charge >= 0.3 is 5.97 Å². The lowest BCUT2D eigenvalue weighted by Crippen LogP contribution is -2.48. The molecular formula is C12H26N2O2. The van der Waals surface area contributed by atoms with E-state index in [0.29, 0.717) is 18.9 Å². The standard InChI is InChI=1S/C12H26N2O2/c1-5-12(13,11(15)16)8-7-9-14(6-2)10(3)4/h10H,5-9,13H2,1-4H3,(H,15,16). The Morgan fingerprint density at radius 3 is 2.31 bits per heavy atom. The van der Waals surface area contributed by atoms with Crippen molar-refractivity contribution < 1.29 is 9.90 Å². The summed E-state index contributed by atoms with van der Waals surface area (Å²) in [5.74, 6) is -0.886. The van der Waals surface area contributed by atoms with Crippen molar-refractivity contribution in [3.8, 4) is 0 Å². The topological polar surface area (TPSA) is 66.6 Å². The minimum absolute atomic E-state index is 0.482. The molecule has 0 aromatic carbocycles. The molecule has 4 heteroatoms. The van der Waals surface area contributed by atoms with Gasteiger partial charge < -0.3 is 15.7 Å². The Morgan fingerprint density at radius 2 is 2.00 bits per heavy atom. The first-order chi connectivity index (χ1) is 7.37. The molecule has 1 unspecified atom stereocenters. The van der Waals surface area contributed by atoms with Crippen LogP contribution >= 0.6 is 0 Å². The number of hydrogen-bond donors (Lipinski definition) is 2. The maximum absolute atomic E-state index is 11.0. The monoisotopic (exact) mass is 230 g/mol. The van der Waals surface area contributed by atoms with Crippen LogP contribution in [0.3, 0.4) is 0 Å². The summed E-state index contributed by atoms with van der Waals surface area (Å²) in [6, 6.07) is 0.503. The molecule has 0 aliphatic heterocycles. The molecule has 0 bridgehead atoms. The van der Waals surface area contributed by atoms with Crippen LogP contribution in [0, 0.1) is 0 Å². The summed E-state index contributed by atoms with van der Waals surface area (Å²) < 4.78 is 0. The zero-order valence-corrected chi connectivity index (χ0v) is 11.0. The lowest BCUT2D eigenvalue weighted by Gasteiger charge is -2.27. The van der Waals surface area contributed by atoms with Crippen LogP contribution in [0.1, 0.15) is 47.0 Å². The Morgan fingerprint density at radius 1 is 1.44 bits per heavy atom. The first-order valence-corrected chi connectivity index (χ1v) is 6.13. The minimum atomic E-state index is -1.05. The van der Waals surface area contributed by atoms with Crippen LogP contribution in [0.4, 0.5) is 0 Å². The molecule has 3 N–H and O–H groups in total. The second kappa shape index (κ2) is 6.86. The third-order valence-electron chi connectivity index (χ3n) is 3.26. The number of rotatable bonds is 8. The molecule has 0 aromatic rings. The number of nitrogens with zero attached hydrogens (tertiary/aromatic N) is 1. The predicted octanol–water partition coefficient (Wildman–Crippen LogP) is 1.69. The third kappa shape index (κ3) is 4.49. The second-order valence-corrected chi connectivity index (χ2v) is 4.64. The molecule has 0 radical (unpaired) electrons. The van der Waals surface area contributed by atoms with Crippen LogP contribution in [0.15, 0.2) is 0 Å². The van der Waals surface area contributed by atoms with Crippen molar-refractivity contribution in [2.45, 2.75) is 58.5 Å². The number of hydrogen-bond acceptors (Lipinski definition) is 3. The average Bonchev–Trinajstić information content (AvgIpc) is 2.23. The molecule has 0 spiro atoms.